The molecule has 1 N–H and O–H groups in total. The number of benzene rings is 2. The molecule has 0 unspecified atom stereocenters. The lowest BCUT2D eigenvalue weighted by atomic mass is 10.0. The normalized spacial score (nSPS) is 11.2. The van der Waals surface area contributed by atoms with Crippen LogP contribution in [-0.4, -0.2) is 14.6 Å². The summed E-state index contributed by atoms with van der Waals surface area (Å²) in [6, 6.07) is 15.7. The number of nitrogens with one attached hydrogen (secondary N) is 1. The Hall–Kier alpha value is -3.21. The van der Waals surface area contributed by atoms with Crippen molar-refractivity contribution in [1.29, 1.82) is 0 Å². The molecular weight excluding hydrogens is 317 g/mol. The predicted molar refractivity (Wildman–Crippen MR) is 96.1 cm³/mol. The second-order valence-electron chi connectivity index (χ2n) is 6.10. The van der Waals surface area contributed by atoms with E-state index in [1.807, 2.05) is 38.1 Å². The van der Waals surface area contributed by atoms with Crippen molar-refractivity contribution in [3.63, 3.8) is 0 Å². The molecule has 0 aliphatic heterocycles. The zero-order valence-electron chi connectivity index (χ0n) is 13.9. The molecule has 0 amide bonds. The second kappa shape index (κ2) is 5.70. The molecular formula is C20H16FN3O. The third-order valence-corrected chi connectivity index (χ3v) is 4.29. The van der Waals surface area contributed by atoms with Gasteiger partial charge in [0.25, 0.3) is 5.56 Å². The number of H-pyrrole nitrogens is 1. The van der Waals surface area contributed by atoms with Gasteiger partial charge in [0, 0.05) is 22.9 Å². The topological polar surface area (TPSA) is 50.2 Å². The quantitative estimate of drug-likeness (QED) is 0.600. The van der Waals surface area contributed by atoms with Crippen LogP contribution in [0.1, 0.15) is 11.3 Å². The summed E-state index contributed by atoms with van der Waals surface area (Å²) in [5.41, 5.74) is 4.65. The number of nitrogens with zero attached hydrogens (tertiary/aromatic N) is 2. The van der Waals surface area contributed by atoms with Crippen molar-refractivity contribution in [2.24, 2.45) is 0 Å². The number of aromatic amines is 1. The first kappa shape index (κ1) is 15.3. The highest BCUT2D eigenvalue weighted by molar-refractivity contribution is 5.81. The van der Waals surface area contributed by atoms with Gasteiger partial charge in [-0.1, -0.05) is 42.0 Å². The van der Waals surface area contributed by atoms with Crippen LogP contribution in [0, 0.1) is 19.7 Å². The summed E-state index contributed by atoms with van der Waals surface area (Å²) < 4.78 is 15.5. The van der Waals surface area contributed by atoms with Crippen molar-refractivity contribution in [3.05, 3.63) is 82.0 Å². The van der Waals surface area contributed by atoms with E-state index >= 15 is 0 Å². The number of aryl methyl sites for hydroxylation is 2. The van der Waals surface area contributed by atoms with Gasteiger partial charge in [-0.3, -0.25) is 9.89 Å². The molecule has 2 heterocycles. The summed E-state index contributed by atoms with van der Waals surface area (Å²) in [5.74, 6) is -0.400. The van der Waals surface area contributed by atoms with Crippen LogP contribution < -0.4 is 5.56 Å². The number of rotatable bonds is 2. The van der Waals surface area contributed by atoms with Crippen molar-refractivity contribution >= 4 is 5.65 Å². The van der Waals surface area contributed by atoms with Gasteiger partial charge in [-0.05, 0) is 31.5 Å². The van der Waals surface area contributed by atoms with E-state index in [1.165, 1.54) is 16.6 Å². The summed E-state index contributed by atoms with van der Waals surface area (Å²) >= 11 is 0. The minimum Gasteiger partial charge on any atom is -0.293 e. The van der Waals surface area contributed by atoms with Gasteiger partial charge < -0.3 is 0 Å². The molecule has 0 spiro atoms. The summed E-state index contributed by atoms with van der Waals surface area (Å²) in [4.78, 5) is 17.1. The van der Waals surface area contributed by atoms with Crippen LogP contribution in [0.2, 0.25) is 0 Å². The molecule has 4 nitrogen and oxygen atoms in total. The molecule has 2 aromatic heterocycles. The summed E-state index contributed by atoms with van der Waals surface area (Å²) in [5, 5.41) is 3.05. The summed E-state index contributed by atoms with van der Waals surface area (Å²) in [6.07, 6.45) is 0. The third kappa shape index (κ3) is 2.54. The van der Waals surface area contributed by atoms with Gasteiger partial charge in [0.2, 0.25) is 0 Å². The second-order valence-corrected chi connectivity index (χ2v) is 6.10. The number of fused-ring (bicyclic) bond motifs is 1. The Morgan fingerprint density at radius 3 is 2.48 bits per heavy atom. The van der Waals surface area contributed by atoms with E-state index in [2.05, 4.69) is 10.1 Å². The first-order valence-electron chi connectivity index (χ1n) is 7.99. The third-order valence-electron chi connectivity index (χ3n) is 4.29. The first-order valence-corrected chi connectivity index (χ1v) is 7.99. The van der Waals surface area contributed by atoms with Crippen LogP contribution in [-0.2, 0) is 0 Å². The van der Waals surface area contributed by atoms with Crippen molar-refractivity contribution < 1.29 is 4.39 Å². The zero-order chi connectivity index (χ0) is 17.6. The van der Waals surface area contributed by atoms with E-state index in [9.17, 15) is 9.18 Å². The standard InChI is InChI=1S/C20H16FN3O/c1-12-7-9-14(10-8-12)19-13(2)23-24-18(25)11-17(22-20(19)24)15-5-3-4-6-16(15)21/h3-11,23H,1-2H3. The molecule has 0 aliphatic rings. The maximum absolute atomic E-state index is 14.1. The number of halogens is 1. The highest BCUT2D eigenvalue weighted by Gasteiger charge is 2.16. The van der Waals surface area contributed by atoms with E-state index < -0.39 is 5.82 Å². The number of aromatic nitrogens is 3. The Labute approximate surface area is 143 Å². The van der Waals surface area contributed by atoms with Crippen LogP contribution >= 0.6 is 0 Å². The molecule has 0 bridgehead atoms. The lowest BCUT2D eigenvalue weighted by molar-refractivity contribution is 0.630. The minimum absolute atomic E-state index is 0.273. The molecule has 0 radical (unpaired) electrons. The summed E-state index contributed by atoms with van der Waals surface area (Å²) in [6.45, 7) is 3.91. The van der Waals surface area contributed by atoms with E-state index in [0.717, 1.165) is 22.4 Å². The molecule has 0 atom stereocenters. The predicted octanol–water partition coefficient (Wildman–Crippen LogP) is 4.11. The molecule has 0 saturated carbocycles. The van der Waals surface area contributed by atoms with Gasteiger partial charge in [-0.25, -0.2) is 13.9 Å². The Kier molecular flexibility index (Phi) is 3.50. The minimum atomic E-state index is -0.400. The van der Waals surface area contributed by atoms with Gasteiger partial charge in [-0.15, -0.1) is 0 Å². The van der Waals surface area contributed by atoms with Crippen LogP contribution in [0.5, 0.6) is 0 Å². The average Bonchev–Trinajstić information content (AvgIpc) is 2.93. The van der Waals surface area contributed by atoms with Crippen molar-refractivity contribution in [3.8, 4) is 22.4 Å². The highest BCUT2D eigenvalue weighted by Crippen LogP contribution is 2.28. The molecule has 4 rings (SSSR count). The van der Waals surface area contributed by atoms with Gasteiger partial charge >= 0.3 is 0 Å². The fourth-order valence-electron chi connectivity index (χ4n) is 3.02. The van der Waals surface area contributed by atoms with Crippen molar-refractivity contribution in [1.82, 2.24) is 14.6 Å². The molecule has 124 valence electrons. The molecule has 0 fully saturated rings. The lowest BCUT2D eigenvalue weighted by Crippen LogP contribution is -2.14. The number of hydrogen-bond donors (Lipinski definition) is 1. The van der Waals surface area contributed by atoms with Gasteiger partial charge in [0.05, 0.1) is 5.69 Å². The first-order chi connectivity index (χ1) is 12.0. The molecule has 0 saturated heterocycles. The fraction of sp³-hybridized carbons (Fsp3) is 0.100. The molecule has 5 heteroatoms. The van der Waals surface area contributed by atoms with E-state index in [1.54, 1.807) is 18.2 Å². The van der Waals surface area contributed by atoms with Crippen molar-refractivity contribution in [2.75, 3.05) is 0 Å². The van der Waals surface area contributed by atoms with Gasteiger partial charge in [0.1, 0.15) is 5.82 Å². The van der Waals surface area contributed by atoms with E-state index in [-0.39, 0.29) is 5.56 Å². The maximum Gasteiger partial charge on any atom is 0.273 e. The Morgan fingerprint density at radius 2 is 1.76 bits per heavy atom. The summed E-state index contributed by atoms with van der Waals surface area (Å²) in [7, 11) is 0. The highest BCUT2D eigenvalue weighted by atomic mass is 19.1. The van der Waals surface area contributed by atoms with Crippen LogP contribution in [0.15, 0.2) is 59.4 Å². The zero-order valence-corrected chi connectivity index (χ0v) is 13.9. The van der Waals surface area contributed by atoms with E-state index in [0.29, 0.717) is 16.9 Å². The smallest absolute Gasteiger partial charge is 0.273 e. The van der Waals surface area contributed by atoms with Crippen LogP contribution in [0.25, 0.3) is 28.0 Å². The monoisotopic (exact) mass is 333 g/mol. The maximum atomic E-state index is 14.1. The average molecular weight is 333 g/mol. The molecule has 0 aliphatic carbocycles. The van der Waals surface area contributed by atoms with Crippen LogP contribution in [0.3, 0.4) is 0 Å². The lowest BCUT2D eigenvalue weighted by Gasteiger charge is -2.05. The van der Waals surface area contributed by atoms with Gasteiger partial charge in [0.15, 0.2) is 5.65 Å². The SMILES string of the molecule is Cc1ccc(-c2c(C)[nH]n3c(=O)cc(-c4ccccc4F)nc23)cc1. The molecule has 4 aromatic rings. The van der Waals surface area contributed by atoms with Gasteiger partial charge in [-0.2, -0.15) is 0 Å². The van der Waals surface area contributed by atoms with Crippen molar-refractivity contribution in [2.45, 2.75) is 13.8 Å². The largest absolute Gasteiger partial charge is 0.293 e. The number of hydrogen-bond acceptors (Lipinski definition) is 2. The molecule has 2 aromatic carbocycles. The Balaban J connectivity index is 2.02. The fourth-order valence-corrected chi connectivity index (χ4v) is 3.02. The Bertz CT molecular complexity index is 1140. The Morgan fingerprint density at radius 1 is 1.04 bits per heavy atom. The molecule has 25 heavy (non-hydrogen) atoms. The van der Waals surface area contributed by atoms with Crippen LogP contribution in [0.4, 0.5) is 4.39 Å². The van der Waals surface area contributed by atoms with E-state index in [4.69, 9.17) is 0 Å².